The highest BCUT2D eigenvalue weighted by Gasteiger charge is 2.14. The van der Waals surface area contributed by atoms with E-state index in [9.17, 15) is 4.79 Å². The molecule has 0 saturated carbocycles. The minimum Gasteiger partial charge on any atom is -0.347 e. The van der Waals surface area contributed by atoms with Crippen LogP contribution in [0.15, 0.2) is 30.3 Å². The van der Waals surface area contributed by atoms with Crippen molar-refractivity contribution in [1.82, 2.24) is 15.1 Å². The molecule has 2 heterocycles. The highest BCUT2D eigenvalue weighted by Crippen LogP contribution is 2.22. The molecular formula is C21H29N3OS. The molecule has 26 heavy (non-hydrogen) atoms. The molecule has 0 atom stereocenters. The van der Waals surface area contributed by atoms with E-state index in [1.54, 1.807) is 11.3 Å². The van der Waals surface area contributed by atoms with Crippen LogP contribution in [0.1, 0.15) is 38.2 Å². The van der Waals surface area contributed by atoms with Gasteiger partial charge in [-0.15, -0.1) is 11.3 Å². The van der Waals surface area contributed by atoms with Gasteiger partial charge in [-0.2, -0.15) is 0 Å². The van der Waals surface area contributed by atoms with Crippen LogP contribution in [-0.4, -0.2) is 48.9 Å². The van der Waals surface area contributed by atoms with E-state index in [-0.39, 0.29) is 5.91 Å². The minimum atomic E-state index is 0.0299. The summed E-state index contributed by atoms with van der Waals surface area (Å²) in [7, 11) is 2.18. The van der Waals surface area contributed by atoms with Gasteiger partial charge in [0.25, 0.3) is 5.91 Å². The van der Waals surface area contributed by atoms with E-state index >= 15 is 0 Å². The molecule has 1 fully saturated rings. The molecular weight excluding hydrogens is 342 g/mol. The largest absolute Gasteiger partial charge is 0.347 e. The molecule has 1 saturated heterocycles. The second-order valence-electron chi connectivity index (χ2n) is 7.13. The summed E-state index contributed by atoms with van der Waals surface area (Å²) >= 11 is 1.59. The number of nitrogens with zero attached hydrogens (tertiary/aromatic N) is 2. The summed E-state index contributed by atoms with van der Waals surface area (Å²) in [6.45, 7) is 10.3. The van der Waals surface area contributed by atoms with E-state index in [0.717, 1.165) is 49.6 Å². The van der Waals surface area contributed by atoms with Crippen molar-refractivity contribution in [3.63, 3.8) is 0 Å². The molecule has 0 unspecified atom stereocenters. The zero-order valence-electron chi connectivity index (χ0n) is 16.0. The van der Waals surface area contributed by atoms with Gasteiger partial charge in [0.15, 0.2) is 0 Å². The van der Waals surface area contributed by atoms with Gasteiger partial charge in [-0.05, 0) is 43.1 Å². The molecule has 140 valence electrons. The van der Waals surface area contributed by atoms with Gasteiger partial charge in [0.05, 0.1) is 4.88 Å². The van der Waals surface area contributed by atoms with E-state index in [2.05, 4.69) is 60.3 Å². The smallest absolute Gasteiger partial charge is 0.261 e. The number of hydrogen-bond donors (Lipinski definition) is 1. The number of likely N-dealkylation sites (N-methyl/N-ethyl adjacent to an activating group) is 1. The molecule has 2 aromatic rings. The number of nitrogens with one attached hydrogen (secondary N) is 1. The van der Waals surface area contributed by atoms with Crippen LogP contribution < -0.4 is 5.32 Å². The highest BCUT2D eigenvalue weighted by molar-refractivity contribution is 7.14. The Labute approximate surface area is 160 Å². The van der Waals surface area contributed by atoms with Crippen LogP contribution in [0, 0.1) is 6.92 Å². The molecule has 5 heteroatoms. The van der Waals surface area contributed by atoms with Gasteiger partial charge >= 0.3 is 0 Å². The molecule has 0 spiro atoms. The first-order valence-corrected chi connectivity index (χ1v) is 10.2. The number of carbonyl (C=O) groups excluding carboxylic acids is 1. The second kappa shape index (κ2) is 8.80. The topological polar surface area (TPSA) is 35.6 Å². The summed E-state index contributed by atoms with van der Waals surface area (Å²) in [5, 5.41) is 3.07. The van der Waals surface area contributed by atoms with Crippen molar-refractivity contribution in [3.8, 4) is 0 Å². The lowest BCUT2D eigenvalue weighted by Crippen LogP contribution is -2.43. The van der Waals surface area contributed by atoms with Crippen LogP contribution in [-0.2, 0) is 19.5 Å². The molecule has 3 rings (SSSR count). The van der Waals surface area contributed by atoms with Crippen LogP contribution in [0.25, 0.3) is 0 Å². The van der Waals surface area contributed by atoms with E-state index in [0.29, 0.717) is 6.54 Å². The van der Waals surface area contributed by atoms with Crippen molar-refractivity contribution in [2.75, 3.05) is 33.2 Å². The van der Waals surface area contributed by atoms with E-state index in [1.807, 2.05) is 6.07 Å². The molecule has 0 radical (unpaired) electrons. The van der Waals surface area contributed by atoms with Crippen LogP contribution in [0.4, 0.5) is 0 Å². The Hall–Kier alpha value is -1.69. The molecule has 1 aromatic heterocycles. The lowest BCUT2D eigenvalue weighted by Gasteiger charge is -2.32. The van der Waals surface area contributed by atoms with Gasteiger partial charge in [0.2, 0.25) is 0 Å². The van der Waals surface area contributed by atoms with Gasteiger partial charge < -0.3 is 10.2 Å². The first-order valence-electron chi connectivity index (χ1n) is 9.41. The van der Waals surface area contributed by atoms with Crippen molar-refractivity contribution in [3.05, 3.63) is 56.8 Å². The maximum absolute atomic E-state index is 12.4. The van der Waals surface area contributed by atoms with Crippen LogP contribution >= 0.6 is 11.3 Å². The zero-order valence-corrected chi connectivity index (χ0v) is 16.9. The lowest BCUT2D eigenvalue weighted by atomic mass is 10.1. The monoisotopic (exact) mass is 371 g/mol. The van der Waals surface area contributed by atoms with E-state index in [4.69, 9.17) is 0 Å². The van der Waals surface area contributed by atoms with Crippen molar-refractivity contribution in [2.24, 2.45) is 0 Å². The normalized spacial score (nSPS) is 16.0. The molecule has 1 aliphatic heterocycles. The predicted octanol–water partition coefficient (Wildman–Crippen LogP) is 3.30. The van der Waals surface area contributed by atoms with Crippen molar-refractivity contribution < 1.29 is 4.79 Å². The van der Waals surface area contributed by atoms with E-state index in [1.165, 1.54) is 16.0 Å². The fourth-order valence-corrected chi connectivity index (χ4v) is 4.38. The first-order chi connectivity index (χ1) is 12.5. The number of benzene rings is 1. The molecule has 0 aliphatic carbocycles. The van der Waals surface area contributed by atoms with Crippen molar-refractivity contribution >= 4 is 17.2 Å². The Morgan fingerprint density at radius 1 is 1.15 bits per heavy atom. The molecule has 1 amide bonds. The molecule has 1 aromatic carbocycles. The third-order valence-corrected chi connectivity index (χ3v) is 6.16. The van der Waals surface area contributed by atoms with Gasteiger partial charge in [-0.25, -0.2) is 0 Å². The Morgan fingerprint density at radius 3 is 2.58 bits per heavy atom. The van der Waals surface area contributed by atoms with Gasteiger partial charge in [0, 0.05) is 44.1 Å². The number of aryl methyl sites for hydroxylation is 2. The maximum atomic E-state index is 12.4. The molecule has 1 aliphatic rings. The Balaban J connectivity index is 1.55. The molecule has 4 nitrogen and oxygen atoms in total. The number of rotatable bonds is 6. The maximum Gasteiger partial charge on any atom is 0.261 e. The minimum absolute atomic E-state index is 0.0299. The Kier molecular flexibility index (Phi) is 6.46. The lowest BCUT2D eigenvalue weighted by molar-refractivity contribution is 0.0955. The Morgan fingerprint density at radius 2 is 1.88 bits per heavy atom. The molecule has 1 N–H and O–H groups in total. The summed E-state index contributed by atoms with van der Waals surface area (Å²) in [6, 6.07) is 10.6. The Bertz CT molecular complexity index is 747. The SMILES string of the molecule is CCc1cc(C(=O)NCc2cccc(CN3CCN(C)CC3)c2)sc1C. The fraction of sp³-hybridized carbons (Fsp3) is 0.476. The standard InChI is InChI=1S/C21H29N3OS/c1-4-19-13-20(26-16(19)2)21(25)22-14-17-6-5-7-18(12-17)15-24-10-8-23(3)9-11-24/h5-7,12-13H,4,8-11,14-15H2,1-3H3,(H,22,25). The predicted molar refractivity (Wildman–Crippen MR) is 109 cm³/mol. The number of hydrogen-bond acceptors (Lipinski definition) is 4. The average Bonchev–Trinajstić information content (AvgIpc) is 3.03. The quantitative estimate of drug-likeness (QED) is 0.846. The summed E-state index contributed by atoms with van der Waals surface area (Å²) in [6.07, 6.45) is 0.976. The third-order valence-electron chi connectivity index (χ3n) is 5.07. The van der Waals surface area contributed by atoms with Crippen molar-refractivity contribution in [1.29, 1.82) is 0 Å². The highest BCUT2D eigenvalue weighted by atomic mass is 32.1. The fourth-order valence-electron chi connectivity index (χ4n) is 3.35. The third kappa shape index (κ3) is 4.93. The summed E-state index contributed by atoms with van der Waals surface area (Å²) in [5.41, 5.74) is 3.75. The van der Waals surface area contributed by atoms with E-state index < -0.39 is 0 Å². The van der Waals surface area contributed by atoms with Gasteiger partial charge in [-0.1, -0.05) is 31.2 Å². The van der Waals surface area contributed by atoms with Gasteiger partial charge in [0.1, 0.15) is 0 Å². The summed E-state index contributed by atoms with van der Waals surface area (Å²) in [4.78, 5) is 19.3. The van der Waals surface area contributed by atoms with Crippen LogP contribution in [0.5, 0.6) is 0 Å². The number of amides is 1. The molecule has 0 bridgehead atoms. The van der Waals surface area contributed by atoms with Crippen molar-refractivity contribution in [2.45, 2.75) is 33.4 Å². The average molecular weight is 372 g/mol. The number of carbonyl (C=O) groups is 1. The summed E-state index contributed by atoms with van der Waals surface area (Å²) in [5.74, 6) is 0.0299. The number of thiophene rings is 1. The zero-order chi connectivity index (χ0) is 18.5. The number of piperazine rings is 1. The van der Waals surface area contributed by atoms with Crippen LogP contribution in [0.2, 0.25) is 0 Å². The summed E-state index contributed by atoms with van der Waals surface area (Å²) < 4.78 is 0. The van der Waals surface area contributed by atoms with Gasteiger partial charge in [-0.3, -0.25) is 9.69 Å². The van der Waals surface area contributed by atoms with Crippen LogP contribution in [0.3, 0.4) is 0 Å². The first kappa shape index (κ1) is 19.1. The second-order valence-corrected chi connectivity index (χ2v) is 8.38.